The molecule has 3 heteroatoms. The van der Waals surface area contributed by atoms with Crippen LogP contribution in [0.5, 0.6) is 5.75 Å². The Labute approximate surface area is 115 Å². The van der Waals surface area contributed by atoms with Crippen LogP contribution >= 0.6 is 11.6 Å². The largest absolute Gasteiger partial charge is 0.495 e. The molecule has 1 aromatic carbocycles. The minimum absolute atomic E-state index is 0.192. The maximum Gasteiger partial charge on any atom is 0.137 e. The number of hydrogen-bond acceptors (Lipinski definition) is 2. The second-order valence-corrected chi connectivity index (χ2v) is 6.32. The number of aliphatic hydroxyl groups excluding tert-OH is 1. The molecule has 0 saturated carbocycles. The van der Waals surface area contributed by atoms with E-state index in [2.05, 4.69) is 27.7 Å². The number of ether oxygens (including phenoxy) is 1. The van der Waals surface area contributed by atoms with Crippen LogP contribution in [-0.4, -0.2) is 12.2 Å². The average Bonchev–Trinajstić information content (AvgIpc) is 2.27. The van der Waals surface area contributed by atoms with Gasteiger partial charge in [-0.15, -0.1) is 0 Å². The van der Waals surface area contributed by atoms with Gasteiger partial charge < -0.3 is 9.84 Å². The molecule has 0 radical (unpaired) electrons. The van der Waals surface area contributed by atoms with E-state index in [0.717, 1.165) is 12.0 Å². The standard InChI is InChI=1S/C15H23ClO2/c1-10(15(2,3)4)8-13(17)11-6-7-14(18-5)12(16)9-11/h6-7,9-10,13,17H,8H2,1-5H3. The van der Waals surface area contributed by atoms with Gasteiger partial charge in [0.2, 0.25) is 0 Å². The van der Waals surface area contributed by atoms with Crippen molar-refractivity contribution >= 4 is 11.6 Å². The molecule has 2 atom stereocenters. The molecular formula is C15H23ClO2. The number of benzene rings is 1. The Morgan fingerprint density at radius 3 is 2.39 bits per heavy atom. The number of halogens is 1. The molecule has 1 N–H and O–H groups in total. The Kier molecular flexibility index (Phi) is 5.06. The molecule has 1 rings (SSSR count). The van der Waals surface area contributed by atoms with Crippen LogP contribution < -0.4 is 4.74 Å². The number of rotatable bonds is 4. The fourth-order valence-electron chi connectivity index (χ4n) is 1.71. The van der Waals surface area contributed by atoms with E-state index in [9.17, 15) is 5.11 Å². The first-order valence-electron chi connectivity index (χ1n) is 6.27. The zero-order valence-electron chi connectivity index (χ0n) is 11.8. The quantitative estimate of drug-likeness (QED) is 0.876. The summed E-state index contributed by atoms with van der Waals surface area (Å²) in [6, 6.07) is 5.44. The first kappa shape index (κ1) is 15.3. The molecule has 0 spiro atoms. The van der Waals surface area contributed by atoms with Crippen LogP contribution in [0.3, 0.4) is 0 Å². The van der Waals surface area contributed by atoms with Crippen LogP contribution in [0.15, 0.2) is 18.2 Å². The highest BCUT2D eigenvalue weighted by Gasteiger charge is 2.23. The maximum absolute atomic E-state index is 10.2. The lowest BCUT2D eigenvalue weighted by atomic mass is 9.78. The lowest BCUT2D eigenvalue weighted by molar-refractivity contribution is 0.111. The van der Waals surface area contributed by atoms with Gasteiger partial charge in [-0.2, -0.15) is 0 Å². The number of hydrogen-bond donors (Lipinski definition) is 1. The molecule has 0 aliphatic rings. The summed E-state index contributed by atoms with van der Waals surface area (Å²) in [6.07, 6.45) is 0.245. The molecule has 1 aromatic rings. The van der Waals surface area contributed by atoms with Crippen molar-refractivity contribution in [2.45, 2.75) is 40.2 Å². The Morgan fingerprint density at radius 2 is 1.94 bits per heavy atom. The highest BCUT2D eigenvalue weighted by molar-refractivity contribution is 6.32. The second kappa shape index (κ2) is 5.94. The van der Waals surface area contributed by atoms with Gasteiger partial charge in [0.1, 0.15) is 5.75 Å². The first-order chi connectivity index (χ1) is 8.25. The summed E-state index contributed by atoms with van der Waals surface area (Å²) < 4.78 is 5.10. The normalized spacial score (nSPS) is 15.3. The third-order valence-corrected chi connectivity index (χ3v) is 3.91. The van der Waals surface area contributed by atoms with Crippen LogP contribution in [0.1, 0.15) is 45.8 Å². The van der Waals surface area contributed by atoms with Crippen molar-refractivity contribution in [1.82, 2.24) is 0 Å². The van der Waals surface area contributed by atoms with Crippen LogP contribution in [0, 0.1) is 11.3 Å². The van der Waals surface area contributed by atoms with Crippen LogP contribution in [0.2, 0.25) is 5.02 Å². The molecule has 0 fully saturated rings. The highest BCUT2D eigenvalue weighted by atomic mass is 35.5. The van der Waals surface area contributed by atoms with Crippen molar-refractivity contribution in [3.05, 3.63) is 28.8 Å². The molecular weight excluding hydrogens is 248 g/mol. The lowest BCUT2D eigenvalue weighted by Gasteiger charge is -2.29. The minimum atomic E-state index is -0.484. The van der Waals surface area contributed by atoms with Crippen molar-refractivity contribution in [3.8, 4) is 5.75 Å². The predicted octanol–water partition coefficient (Wildman–Crippen LogP) is 4.45. The summed E-state index contributed by atoms with van der Waals surface area (Å²) in [6.45, 7) is 8.72. The molecule has 0 amide bonds. The van der Waals surface area contributed by atoms with E-state index in [0.29, 0.717) is 16.7 Å². The smallest absolute Gasteiger partial charge is 0.137 e. The summed E-state index contributed by atoms with van der Waals surface area (Å²) in [5.74, 6) is 1.06. The maximum atomic E-state index is 10.2. The van der Waals surface area contributed by atoms with Gasteiger partial charge in [0.15, 0.2) is 0 Å². The Balaban J connectivity index is 2.79. The van der Waals surface area contributed by atoms with E-state index in [-0.39, 0.29) is 5.41 Å². The van der Waals surface area contributed by atoms with Gasteiger partial charge in [0.05, 0.1) is 18.2 Å². The van der Waals surface area contributed by atoms with Gasteiger partial charge in [-0.25, -0.2) is 0 Å². The Hall–Kier alpha value is -0.730. The number of methoxy groups -OCH3 is 1. The van der Waals surface area contributed by atoms with Gasteiger partial charge in [-0.3, -0.25) is 0 Å². The predicted molar refractivity (Wildman–Crippen MR) is 76.2 cm³/mol. The van der Waals surface area contributed by atoms with Gasteiger partial charge in [0.25, 0.3) is 0 Å². The summed E-state index contributed by atoms with van der Waals surface area (Å²) in [5.41, 5.74) is 1.04. The van der Waals surface area contributed by atoms with E-state index >= 15 is 0 Å². The second-order valence-electron chi connectivity index (χ2n) is 5.91. The summed E-state index contributed by atoms with van der Waals surface area (Å²) in [5, 5.41) is 10.8. The zero-order chi connectivity index (χ0) is 13.9. The van der Waals surface area contributed by atoms with E-state index in [4.69, 9.17) is 16.3 Å². The van der Waals surface area contributed by atoms with Gasteiger partial charge in [-0.05, 0) is 35.4 Å². The molecule has 0 aliphatic carbocycles. The van der Waals surface area contributed by atoms with Crippen molar-refractivity contribution < 1.29 is 9.84 Å². The lowest BCUT2D eigenvalue weighted by Crippen LogP contribution is -2.19. The molecule has 0 aliphatic heterocycles. The van der Waals surface area contributed by atoms with Crippen molar-refractivity contribution in [2.75, 3.05) is 7.11 Å². The number of aliphatic hydroxyl groups is 1. The summed E-state index contributed by atoms with van der Waals surface area (Å²) >= 11 is 6.06. The third kappa shape index (κ3) is 3.89. The Bertz CT molecular complexity index is 396. The summed E-state index contributed by atoms with van der Waals surface area (Å²) in [4.78, 5) is 0. The molecule has 0 bridgehead atoms. The van der Waals surface area contributed by atoms with Crippen LogP contribution in [0.4, 0.5) is 0 Å². The van der Waals surface area contributed by atoms with Gasteiger partial charge in [-0.1, -0.05) is 45.4 Å². The van der Waals surface area contributed by atoms with Crippen molar-refractivity contribution in [2.24, 2.45) is 11.3 Å². The van der Waals surface area contributed by atoms with E-state index in [1.54, 1.807) is 19.2 Å². The fraction of sp³-hybridized carbons (Fsp3) is 0.600. The molecule has 102 valence electrons. The van der Waals surface area contributed by atoms with Crippen LogP contribution in [0.25, 0.3) is 0 Å². The molecule has 0 saturated heterocycles. The van der Waals surface area contributed by atoms with E-state index < -0.39 is 6.10 Å². The minimum Gasteiger partial charge on any atom is -0.495 e. The Morgan fingerprint density at radius 1 is 1.33 bits per heavy atom. The topological polar surface area (TPSA) is 29.5 Å². The molecule has 2 unspecified atom stereocenters. The van der Waals surface area contributed by atoms with Gasteiger partial charge >= 0.3 is 0 Å². The van der Waals surface area contributed by atoms with Gasteiger partial charge in [0, 0.05) is 0 Å². The van der Waals surface area contributed by atoms with Crippen LogP contribution in [-0.2, 0) is 0 Å². The van der Waals surface area contributed by atoms with Crippen molar-refractivity contribution in [3.63, 3.8) is 0 Å². The molecule has 0 heterocycles. The molecule has 18 heavy (non-hydrogen) atoms. The zero-order valence-corrected chi connectivity index (χ0v) is 12.6. The average molecular weight is 271 g/mol. The SMILES string of the molecule is COc1ccc(C(O)CC(C)C(C)(C)C)cc1Cl. The van der Waals surface area contributed by atoms with Crippen molar-refractivity contribution in [1.29, 1.82) is 0 Å². The first-order valence-corrected chi connectivity index (χ1v) is 6.65. The fourth-order valence-corrected chi connectivity index (χ4v) is 1.98. The highest BCUT2D eigenvalue weighted by Crippen LogP contribution is 2.35. The van der Waals surface area contributed by atoms with E-state index in [1.165, 1.54) is 0 Å². The monoisotopic (exact) mass is 270 g/mol. The molecule has 2 nitrogen and oxygen atoms in total. The summed E-state index contributed by atoms with van der Waals surface area (Å²) in [7, 11) is 1.58. The van der Waals surface area contributed by atoms with E-state index in [1.807, 2.05) is 6.07 Å². The molecule has 0 aromatic heterocycles. The third-order valence-electron chi connectivity index (χ3n) is 3.62.